The molecule has 5 heteroatoms. The number of rotatable bonds is 5. The summed E-state index contributed by atoms with van der Waals surface area (Å²) >= 11 is 0. The Kier molecular flexibility index (Phi) is 4.40. The maximum Gasteiger partial charge on any atom is 0.243 e. The molecular formula is C13H22N2O2S. The van der Waals surface area contributed by atoms with Crippen LogP contribution in [-0.4, -0.2) is 32.4 Å². The van der Waals surface area contributed by atoms with E-state index in [1.807, 2.05) is 20.8 Å². The maximum absolute atomic E-state index is 12.4. The number of sulfonamides is 1. The molecule has 0 aliphatic heterocycles. The lowest BCUT2D eigenvalue weighted by atomic mass is 10.0. The Bertz CT molecular complexity index is 492. The van der Waals surface area contributed by atoms with Gasteiger partial charge in [0.2, 0.25) is 10.0 Å². The minimum Gasteiger partial charge on any atom is -0.388 e. The second kappa shape index (κ2) is 5.28. The van der Waals surface area contributed by atoms with Crippen molar-refractivity contribution in [3.8, 4) is 0 Å². The molecule has 0 saturated carbocycles. The van der Waals surface area contributed by atoms with Crippen molar-refractivity contribution in [2.45, 2.75) is 37.6 Å². The van der Waals surface area contributed by atoms with Gasteiger partial charge in [0.25, 0.3) is 0 Å². The molecule has 0 bridgehead atoms. The lowest BCUT2D eigenvalue weighted by molar-refractivity contribution is 0.257. The summed E-state index contributed by atoms with van der Waals surface area (Å²) < 4.78 is 26.3. The molecule has 18 heavy (non-hydrogen) atoms. The Balaban J connectivity index is 3.13. The first kappa shape index (κ1) is 15.0. The second-order valence-corrected chi connectivity index (χ2v) is 6.88. The first-order chi connectivity index (χ1) is 8.25. The number of hydrogen-bond acceptors (Lipinski definition) is 3. The number of nitrogens with zero attached hydrogens (tertiary/aromatic N) is 1. The van der Waals surface area contributed by atoms with Gasteiger partial charge in [-0.2, -0.15) is 4.31 Å². The fourth-order valence-electron chi connectivity index (χ4n) is 1.50. The Morgan fingerprint density at radius 3 is 2.11 bits per heavy atom. The van der Waals surface area contributed by atoms with Gasteiger partial charge in [0.1, 0.15) is 0 Å². The molecule has 0 aliphatic carbocycles. The van der Waals surface area contributed by atoms with Gasteiger partial charge < -0.3 is 5.32 Å². The molecule has 0 amide bonds. The molecule has 0 radical (unpaired) electrons. The Labute approximate surface area is 110 Å². The van der Waals surface area contributed by atoms with Crippen LogP contribution in [0.15, 0.2) is 29.2 Å². The molecule has 0 unspecified atom stereocenters. The number of anilines is 1. The van der Waals surface area contributed by atoms with Crippen LogP contribution in [0.3, 0.4) is 0 Å². The predicted octanol–water partition coefficient (Wildman–Crippen LogP) is 2.54. The predicted molar refractivity (Wildman–Crippen MR) is 75.3 cm³/mol. The van der Waals surface area contributed by atoms with Gasteiger partial charge in [0.15, 0.2) is 0 Å². The van der Waals surface area contributed by atoms with Crippen molar-refractivity contribution >= 4 is 15.7 Å². The summed E-state index contributed by atoms with van der Waals surface area (Å²) in [5, 5.41) is 2.97. The molecule has 0 fully saturated rings. The van der Waals surface area contributed by atoms with Crippen molar-refractivity contribution in [1.82, 2.24) is 4.31 Å². The number of nitrogens with one attached hydrogen (secondary N) is 1. The average Bonchev–Trinajstić information content (AvgIpc) is 2.37. The van der Waals surface area contributed by atoms with E-state index >= 15 is 0 Å². The standard InChI is InChI=1S/C13H22N2O2S/c1-6-13(2,3)15(5)18(16,17)12-9-7-11(14-4)8-10-12/h7-10,14H,6H2,1-5H3. The van der Waals surface area contributed by atoms with E-state index in [2.05, 4.69) is 5.32 Å². The Hall–Kier alpha value is -1.07. The highest BCUT2D eigenvalue weighted by Crippen LogP contribution is 2.25. The van der Waals surface area contributed by atoms with Gasteiger partial charge >= 0.3 is 0 Å². The minimum atomic E-state index is -3.43. The molecule has 1 rings (SSSR count). The highest BCUT2D eigenvalue weighted by atomic mass is 32.2. The highest BCUT2D eigenvalue weighted by molar-refractivity contribution is 7.89. The molecular weight excluding hydrogens is 248 g/mol. The summed E-state index contributed by atoms with van der Waals surface area (Å²) in [5.41, 5.74) is 0.506. The topological polar surface area (TPSA) is 49.4 Å². The van der Waals surface area contributed by atoms with Crippen LogP contribution in [0.4, 0.5) is 5.69 Å². The fraction of sp³-hybridized carbons (Fsp3) is 0.538. The SMILES string of the molecule is CCC(C)(C)N(C)S(=O)(=O)c1ccc(NC)cc1. The van der Waals surface area contributed by atoms with Gasteiger partial charge in [-0.25, -0.2) is 8.42 Å². The van der Waals surface area contributed by atoms with Crippen molar-refractivity contribution in [3.05, 3.63) is 24.3 Å². The van der Waals surface area contributed by atoms with Crippen LogP contribution in [0.1, 0.15) is 27.2 Å². The number of hydrogen-bond donors (Lipinski definition) is 1. The third-order valence-electron chi connectivity index (χ3n) is 3.52. The number of benzene rings is 1. The maximum atomic E-state index is 12.4. The van der Waals surface area contributed by atoms with Crippen LogP contribution in [-0.2, 0) is 10.0 Å². The monoisotopic (exact) mass is 270 g/mol. The summed E-state index contributed by atoms with van der Waals surface area (Å²) in [6, 6.07) is 6.78. The largest absolute Gasteiger partial charge is 0.388 e. The first-order valence-corrected chi connectivity index (χ1v) is 7.46. The Morgan fingerprint density at radius 1 is 1.22 bits per heavy atom. The summed E-state index contributed by atoms with van der Waals surface area (Å²) in [5.74, 6) is 0. The molecule has 0 aliphatic rings. The summed E-state index contributed by atoms with van der Waals surface area (Å²) in [7, 11) is 0.00299. The second-order valence-electron chi connectivity index (χ2n) is 4.91. The molecule has 1 aromatic rings. The molecule has 1 N–H and O–H groups in total. The third-order valence-corrected chi connectivity index (χ3v) is 5.60. The molecule has 0 atom stereocenters. The van der Waals surface area contributed by atoms with E-state index in [0.717, 1.165) is 12.1 Å². The molecule has 1 aromatic carbocycles. The van der Waals surface area contributed by atoms with Crippen molar-refractivity contribution in [1.29, 1.82) is 0 Å². The van der Waals surface area contributed by atoms with Crippen molar-refractivity contribution in [2.75, 3.05) is 19.4 Å². The van der Waals surface area contributed by atoms with Crippen LogP contribution in [0.25, 0.3) is 0 Å². The summed E-state index contributed by atoms with van der Waals surface area (Å²) in [6.07, 6.45) is 0.761. The van der Waals surface area contributed by atoms with Gasteiger partial charge in [-0.15, -0.1) is 0 Å². The minimum absolute atomic E-state index is 0.325. The molecule has 0 saturated heterocycles. The lowest BCUT2D eigenvalue weighted by Gasteiger charge is -2.33. The normalized spacial score (nSPS) is 12.8. The van der Waals surface area contributed by atoms with Gasteiger partial charge in [-0.05, 0) is 44.5 Å². The zero-order valence-electron chi connectivity index (χ0n) is 11.7. The fourth-order valence-corrected chi connectivity index (χ4v) is 3.08. The van der Waals surface area contributed by atoms with Crippen molar-refractivity contribution in [2.24, 2.45) is 0 Å². The van der Waals surface area contributed by atoms with E-state index in [-0.39, 0.29) is 5.54 Å². The first-order valence-electron chi connectivity index (χ1n) is 6.02. The van der Waals surface area contributed by atoms with Crippen LogP contribution >= 0.6 is 0 Å². The zero-order valence-corrected chi connectivity index (χ0v) is 12.5. The van der Waals surface area contributed by atoms with Crippen LogP contribution in [0, 0.1) is 0 Å². The zero-order chi connectivity index (χ0) is 14.0. The van der Waals surface area contributed by atoms with Crippen molar-refractivity contribution < 1.29 is 8.42 Å². The Morgan fingerprint density at radius 2 is 1.72 bits per heavy atom. The van der Waals surface area contributed by atoms with Gasteiger partial charge in [0, 0.05) is 25.3 Å². The van der Waals surface area contributed by atoms with Crippen LogP contribution < -0.4 is 5.32 Å². The van der Waals surface area contributed by atoms with E-state index in [9.17, 15) is 8.42 Å². The van der Waals surface area contributed by atoms with Crippen LogP contribution in [0.5, 0.6) is 0 Å². The molecule has 0 aromatic heterocycles. The molecule has 0 heterocycles. The summed E-state index contributed by atoms with van der Waals surface area (Å²) in [4.78, 5) is 0.325. The average molecular weight is 270 g/mol. The van der Waals surface area contributed by atoms with E-state index in [4.69, 9.17) is 0 Å². The lowest BCUT2D eigenvalue weighted by Crippen LogP contribution is -2.44. The quantitative estimate of drug-likeness (QED) is 0.894. The van der Waals surface area contributed by atoms with Crippen LogP contribution in [0.2, 0.25) is 0 Å². The highest BCUT2D eigenvalue weighted by Gasteiger charge is 2.32. The smallest absolute Gasteiger partial charge is 0.243 e. The van der Waals surface area contributed by atoms with E-state index in [1.165, 1.54) is 4.31 Å². The summed E-state index contributed by atoms with van der Waals surface area (Å²) in [6.45, 7) is 5.83. The van der Waals surface area contributed by atoms with Gasteiger partial charge in [-0.3, -0.25) is 0 Å². The van der Waals surface area contributed by atoms with E-state index < -0.39 is 10.0 Å². The van der Waals surface area contributed by atoms with E-state index in [1.54, 1.807) is 38.4 Å². The third kappa shape index (κ3) is 2.84. The molecule has 102 valence electrons. The molecule has 0 spiro atoms. The molecule has 4 nitrogen and oxygen atoms in total. The van der Waals surface area contributed by atoms with Gasteiger partial charge in [0.05, 0.1) is 4.90 Å². The van der Waals surface area contributed by atoms with E-state index in [0.29, 0.717) is 4.90 Å². The van der Waals surface area contributed by atoms with Gasteiger partial charge in [-0.1, -0.05) is 6.92 Å². The van der Waals surface area contributed by atoms with Crippen molar-refractivity contribution in [3.63, 3.8) is 0 Å².